The van der Waals surface area contributed by atoms with Gasteiger partial charge in [-0.2, -0.15) is 17.6 Å². The molecule has 7 heteroatoms. The summed E-state index contributed by atoms with van der Waals surface area (Å²) in [5, 5.41) is 7.85. The molecule has 1 heterocycles. The molecule has 1 aromatic heterocycles. The maximum absolute atomic E-state index is 13.0. The molecule has 4 aromatic rings. The van der Waals surface area contributed by atoms with E-state index in [1.807, 2.05) is 51.1 Å². The molecule has 32 heavy (non-hydrogen) atoms. The molecular weight excluding hydrogens is 422 g/mol. The summed E-state index contributed by atoms with van der Waals surface area (Å²) in [4.78, 5) is 12.8. The van der Waals surface area contributed by atoms with Gasteiger partial charge in [0.15, 0.2) is 0 Å². The number of rotatable bonds is 6. The molecule has 6 nitrogen and oxygen atoms in total. The Labute approximate surface area is 187 Å². The number of carbonyl (C=O) groups is 1. The van der Waals surface area contributed by atoms with Crippen molar-refractivity contribution in [2.24, 2.45) is 0 Å². The zero-order valence-electron chi connectivity index (χ0n) is 18.2. The number of aromatic nitrogens is 2. The average molecular weight is 448 g/mol. The second kappa shape index (κ2) is 8.59. The first-order valence-electron chi connectivity index (χ1n) is 10.5. The van der Waals surface area contributed by atoms with Crippen molar-refractivity contribution in [1.29, 1.82) is 0 Å². The molecular formula is C25H25N3O3S. The van der Waals surface area contributed by atoms with Crippen LogP contribution in [0.4, 0.5) is 0 Å². The third-order valence-corrected chi connectivity index (χ3v) is 7.22. The number of nitrogens with one attached hydrogen (secondary N) is 1. The van der Waals surface area contributed by atoms with Crippen LogP contribution in [0.3, 0.4) is 0 Å². The number of amides is 1. The number of hydrogen-bond donors (Lipinski definition) is 1. The Morgan fingerprint density at radius 1 is 1.06 bits per heavy atom. The number of nitrogens with zero attached hydrogens (tertiary/aromatic N) is 2. The van der Waals surface area contributed by atoms with E-state index in [4.69, 9.17) is 0 Å². The van der Waals surface area contributed by atoms with Gasteiger partial charge < -0.3 is 5.32 Å². The van der Waals surface area contributed by atoms with Gasteiger partial charge in [0.1, 0.15) is 0 Å². The van der Waals surface area contributed by atoms with Gasteiger partial charge in [-0.1, -0.05) is 37.3 Å². The van der Waals surface area contributed by atoms with Gasteiger partial charge >= 0.3 is 0 Å². The summed E-state index contributed by atoms with van der Waals surface area (Å²) in [5.41, 5.74) is 3.93. The summed E-state index contributed by atoms with van der Waals surface area (Å²) in [5.74, 6) is -0.108. The van der Waals surface area contributed by atoms with E-state index in [0.29, 0.717) is 16.5 Å². The number of carbonyl (C=O) groups excluding carboxylic acids is 1. The van der Waals surface area contributed by atoms with Gasteiger partial charge in [-0.3, -0.25) is 4.79 Å². The molecule has 0 spiro atoms. The fourth-order valence-corrected chi connectivity index (χ4v) is 4.84. The van der Waals surface area contributed by atoms with Crippen LogP contribution in [0.2, 0.25) is 0 Å². The molecule has 1 N–H and O–H groups in total. The summed E-state index contributed by atoms with van der Waals surface area (Å²) in [6, 6.07) is 19.5. The average Bonchev–Trinajstić information content (AvgIpc) is 3.24. The molecule has 1 atom stereocenters. The highest BCUT2D eigenvalue weighted by atomic mass is 32.2. The van der Waals surface area contributed by atoms with Gasteiger partial charge in [0, 0.05) is 17.0 Å². The summed E-state index contributed by atoms with van der Waals surface area (Å²) < 4.78 is 27.1. The highest BCUT2D eigenvalue weighted by Gasteiger charge is 2.20. The number of benzene rings is 3. The van der Waals surface area contributed by atoms with Gasteiger partial charge in [0.25, 0.3) is 15.9 Å². The zero-order valence-corrected chi connectivity index (χ0v) is 19.1. The molecule has 3 aromatic carbocycles. The Morgan fingerprint density at radius 2 is 1.81 bits per heavy atom. The van der Waals surface area contributed by atoms with Crippen LogP contribution in [-0.4, -0.2) is 29.6 Å². The van der Waals surface area contributed by atoms with E-state index in [1.54, 1.807) is 42.6 Å². The molecule has 0 aliphatic heterocycles. The first-order valence-corrected chi connectivity index (χ1v) is 12.0. The summed E-state index contributed by atoms with van der Waals surface area (Å²) in [6.07, 6.45) is 2.41. The molecule has 0 aliphatic rings. The lowest BCUT2D eigenvalue weighted by molar-refractivity contribution is 0.0939. The monoisotopic (exact) mass is 447 g/mol. The van der Waals surface area contributed by atoms with Crippen molar-refractivity contribution < 1.29 is 13.2 Å². The third-order valence-electron chi connectivity index (χ3n) is 5.60. The van der Waals surface area contributed by atoms with Crippen molar-refractivity contribution in [3.63, 3.8) is 0 Å². The topological polar surface area (TPSA) is 81.1 Å². The van der Waals surface area contributed by atoms with Crippen LogP contribution in [0.1, 0.15) is 36.2 Å². The van der Waals surface area contributed by atoms with Crippen molar-refractivity contribution in [3.05, 3.63) is 84.1 Å². The van der Waals surface area contributed by atoms with E-state index in [1.165, 1.54) is 0 Å². The maximum Gasteiger partial charge on any atom is 0.283 e. The van der Waals surface area contributed by atoms with E-state index >= 15 is 0 Å². The van der Waals surface area contributed by atoms with E-state index in [0.717, 1.165) is 27.2 Å². The van der Waals surface area contributed by atoms with Crippen LogP contribution in [0.15, 0.2) is 77.8 Å². The normalized spacial score (nSPS) is 12.6. The minimum Gasteiger partial charge on any atom is -0.350 e. The lowest BCUT2D eigenvalue weighted by atomic mass is 9.97. The zero-order chi connectivity index (χ0) is 22.9. The predicted octanol–water partition coefficient (Wildman–Crippen LogP) is 4.78. The summed E-state index contributed by atoms with van der Waals surface area (Å²) in [7, 11) is -3.79. The first kappa shape index (κ1) is 21.8. The smallest absolute Gasteiger partial charge is 0.283 e. The van der Waals surface area contributed by atoms with E-state index in [9.17, 15) is 13.2 Å². The summed E-state index contributed by atoms with van der Waals surface area (Å²) in [6.45, 7) is 5.99. The highest BCUT2D eigenvalue weighted by molar-refractivity contribution is 7.90. The largest absolute Gasteiger partial charge is 0.350 e. The van der Waals surface area contributed by atoms with Crippen LogP contribution < -0.4 is 5.32 Å². The van der Waals surface area contributed by atoms with Crippen LogP contribution in [-0.2, 0) is 10.0 Å². The van der Waals surface area contributed by atoms with Crippen LogP contribution in [0, 0.1) is 6.92 Å². The second-order valence-electron chi connectivity index (χ2n) is 7.89. The van der Waals surface area contributed by atoms with Crippen LogP contribution in [0.5, 0.6) is 0 Å². The maximum atomic E-state index is 13.0. The Morgan fingerprint density at radius 3 is 2.53 bits per heavy atom. The predicted molar refractivity (Wildman–Crippen MR) is 126 cm³/mol. The molecule has 164 valence electrons. The molecule has 1 unspecified atom stereocenters. The van der Waals surface area contributed by atoms with Crippen LogP contribution >= 0.6 is 0 Å². The van der Waals surface area contributed by atoms with Gasteiger partial charge in [-0.25, -0.2) is 0 Å². The highest BCUT2D eigenvalue weighted by Crippen LogP contribution is 2.29. The molecule has 0 aliphatic carbocycles. The van der Waals surface area contributed by atoms with Crippen molar-refractivity contribution in [3.8, 4) is 11.1 Å². The van der Waals surface area contributed by atoms with Crippen molar-refractivity contribution in [2.75, 3.05) is 0 Å². The third kappa shape index (κ3) is 4.03. The molecule has 0 fully saturated rings. The van der Waals surface area contributed by atoms with Crippen molar-refractivity contribution in [1.82, 2.24) is 14.5 Å². The SMILES string of the molecule is CCC(C)NC(=O)c1ccc(C)c(-c2ccc3c(cnn3S(=O)(=O)c3ccccc3)c2)c1. The molecule has 0 bridgehead atoms. The van der Waals surface area contributed by atoms with E-state index < -0.39 is 10.0 Å². The Bertz CT molecular complexity index is 1390. The standard InChI is InChI=1S/C25H25N3O3S/c1-4-18(3)27-25(29)20-11-10-17(2)23(15-20)19-12-13-24-21(14-19)16-26-28(24)32(30,31)22-8-6-5-7-9-22/h5-16,18H,4H2,1-3H3,(H,27,29). The molecule has 0 saturated carbocycles. The van der Waals surface area contributed by atoms with E-state index in [2.05, 4.69) is 10.4 Å². The van der Waals surface area contributed by atoms with Crippen molar-refractivity contribution >= 4 is 26.8 Å². The second-order valence-corrected chi connectivity index (χ2v) is 9.66. The molecule has 0 saturated heterocycles. The number of fused-ring (bicyclic) bond motifs is 1. The molecule has 1 amide bonds. The Hall–Kier alpha value is -3.45. The quantitative estimate of drug-likeness (QED) is 0.461. The molecule has 4 rings (SSSR count). The Kier molecular flexibility index (Phi) is 5.84. The Balaban J connectivity index is 1.73. The van der Waals surface area contributed by atoms with Gasteiger partial charge in [0.05, 0.1) is 16.6 Å². The number of aryl methyl sites for hydroxylation is 1. The van der Waals surface area contributed by atoms with Crippen molar-refractivity contribution in [2.45, 2.75) is 38.1 Å². The van der Waals surface area contributed by atoms with Crippen LogP contribution in [0.25, 0.3) is 22.0 Å². The molecule has 0 radical (unpaired) electrons. The lowest BCUT2D eigenvalue weighted by Gasteiger charge is -2.13. The minimum absolute atomic E-state index is 0.0982. The fourth-order valence-electron chi connectivity index (χ4n) is 3.54. The minimum atomic E-state index is -3.79. The van der Waals surface area contributed by atoms with Gasteiger partial charge in [0.2, 0.25) is 0 Å². The lowest BCUT2D eigenvalue weighted by Crippen LogP contribution is -2.31. The number of hydrogen-bond acceptors (Lipinski definition) is 4. The van der Waals surface area contributed by atoms with Gasteiger partial charge in [-0.05, 0) is 73.4 Å². The van der Waals surface area contributed by atoms with E-state index in [-0.39, 0.29) is 16.8 Å². The fraction of sp³-hybridized carbons (Fsp3) is 0.200. The summed E-state index contributed by atoms with van der Waals surface area (Å²) >= 11 is 0. The van der Waals surface area contributed by atoms with Gasteiger partial charge in [-0.15, -0.1) is 0 Å². The first-order chi connectivity index (χ1) is 15.3.